The van der Waals surface area contributed by atoms with Crippen molar-refractivity contribution in [1.82, 2.24) is 0 Å². The van der Waals surface area contributed by atoms with Crippen molar-refractivity contribution in [3.63, 3.8) is 0 Å². The Morgan fingerprint density at radius 2 is 1.71 bits per heavy atom. The molecule has 3 aromatic carbocycles. The van der Waals surface area contributed by atoms with Crippen molar-refractivity contribution in [2.75, 3.05) is 6.61 Å². The van der Waals surface area contributed by atoms with Crippen LogP contribution in [0.15, 0.2) is 82.0 Å². The number of hydrogen-bond acceptors (Lipinski definition) is 4. The second-order valence-electron chi connectivity index (χ2n) is 8.33. The van der Waals surface area contributed by atoms with E-state index in [2.05, 4.69) is 6.92 Å². The Labute approximate surface area is 198 Å². The number of hydrogen-bond donors (Lipinski definition) is 0. The first-order valence-electron chi connectivity index (χ1n) is 11.6. The highest BCUT2D eigenvalue weighted by Crippen LogP contribution is 2.33. The van der Waals surface area contributed by atoms with Gasteiger partial charge in [0, 0.05) is 23.1 Å². The molecule has 0 saturated heterocycles. The Bertz CT molecular complexity index is 1320. The van der Waals surface area contributed by atoms with Crippen molar-refractivity contribution >= 4 is 16.8 Å². The molecule has 0 aliphatic carbocycles. The average molecular weight is 459 g/mol. The van der Waals surface area contributed by atoms with Crippen LogP contribution in [0.5, 0.6) is 5.75 Å². The summed E-state index contributed by atoms with van der Waals surface area (Å²) in [6.07, 6.45) is 5.15. The van der Waals surface area contributed by atoms with Crippen LogP contribution in [0.4, 0.5) is 4.39 Å². The molecule has 4 rings (SSSR count). The predicted molar refractivity (Wildman–Crippen MR) is 132 cm³/mol. The fourth-order valence-corrected chi connectivity index (χ4v) is 4.03. The van der Waals surface area contributed by atoms with E-state index in [1.807, 2.05) is 36.4 Å². The van der Waals surface area contributed by atoms with Gasteiger partial charge in [0.2, 0.25) is 0 Å². The number of unbranched alkanes of at least 4 members (excludes halogenated alkanes) is 3. The van der Waals surface area contributed by atoms with Gasteiger partial charge < -0.3 is 9.15 Å². The van der Waals surface area contributed by atoms with Gasteiger partial charge in [0.15, 0.2) is 12.4 Å². The molecule has 0 atom stereocenters. The lowest BCUT2D eigenvalue weighted by Crippen LogP contribution is -2.12. The Kier molecular flexibility index (Phi) is 7.53. The molecule has 1 aromatic heterocycles. The van der Waals surface area contributed by atoms with Gasteiger partial charge in [-0.3, -0.25) is 4.79 Å². The maximum atomic E-state index is 13.2. The molecule has 174 valence electrons. The monoisotopic (exact) mass is 458 g/mol. The minimum absolute atomic E-state index is 0.193. The summed E-state index contributed by atoms with van der Waals surface area (Å²) < 4.78 is 24.6. The first kappa shape index (κ1) is 23.4. The summed E-state index contributed by atoms with van der Waals surface area (Å²) in [7, 11) is 0. The second kappa shape index (κ2) is 10.9. The Hall–Kier alpha value is -3.73. The number of fused-ring (bicyclic) bond motifs is 1. The molecule has 0 amide bonds. The van der Waals surface area contributed by atoms with Crippen LogP contribution in [0.2, 0.25) is 0 Å². The molecule has 1 heterocycles. The zero-order chi connectivity index (χ0) is 23.9. The van der Waals surface area contributed by atoms with Crippen molar-refractivity contribution in [2.45, 2.75) is 39.0 Å². The standard InChI is InChI=1S/C29H27FO4/c1-2-3-4-6-11-22-16-25-24(20-9-7-5-8-10-20)17-29(32)34-28(25)18-27(22)33-19-26(31)21-12-14-23(30)15-13-21/h5,7-10,12-18H,2-4,6,11,19H2,1H3. The first-order chi connectivity index (χ1) is 16.5. The lowest BCUT2D eigenvalue weighted by atomic mass is 9.98. The predicted octanol–water partition coefficient (Wildman–Crippen LogP) is 6.98. The number of carbonyl (C=O) groups is 1. The second-order valence-corrected chi connectivity index (χ2v) is 8.33. The topological polar surface area (TPSA) is 56.5 Å². The van der Waals surface area contributed by atoms with Crippen LogP contribution in [0, 0.1) is 5.82 Å². The van der Waals surface area contributed by atoms with Gasteiger partial charge in [-0.1, -0.05) is 56.5 Å². The van der Waals surface area contributed by atoms with Crippen molar-refractivity contribution < 1.29 is 18.3 Å². The van der Waals surface area contributed by atoms with E-state index in [1.165, 1.54) is 30.3 Å². The SMILES string of the molecule is CCCCCCc1cc2c(-c3ccccc3)cc(=O)oc2cc1OCC(=O)c1ccc(F)cc1. The van der Waals surface area contributed by atoms with E-state index in [9.17, 15) is 14.0 Å². The van der Waals surface area contributed by atoms with E-state index < -0.39 is 11.4 Å². The minimum atomic E-state index is -0.449. The summed E-state index contributed by atoms with van der Waals surface area (Å²) in [5, 5.41) is 0.827. The molecule has 0 bridgehead atoms. The lowest BCUT2D eigenvalue weighted by Gasteiger charge is -2.14. The van der Waals surface area contributed by atoms with Crippen LogP contribution in [0.1, 0.15) is 48.5 Å². The number of carbonyl (C=O) groups excluding carboxylic acids is 1. The molecule has 4 aromatic rings. The van der Waals surface area contributed by atoms with E-state index in [4.69, 9.17) is 9.15 Å². The van der Waals surface area contributed by atoms with Crippen LogP contribution in [0.3, 0.4) is 0 Å². The first-order valence-corrected chi connectivity index (χ1v) is 11.6. The van der Waals surface area contributed by atoms with Crippen LogP contribution in [-0.2, 0) is 6.42 Å². The zero-order valence-corrected chi connectivity index (χ0v) is 19.2. The molecule has 0 spiro atoms. The number of Topliss-reactive ketones (excluding diaryl/α,β-unsaturated/α-hetero) is 1. The van der Waals surface area contributed by atoms with Crippen LogP contribution < -0.4 is 10.4 Å². The summed E-state index contributed by atoms with van der Waals surface area (Å²) in [4.78, 5) is 24.9. The number of aryl methyl sites for hydroxylation is 1. The molecule has 5 heteroatoms. The van der Waals surface area contributed by atoms with E-state index in [0.29, 0.717) is 16.9 Å². The molecule has 34 heavy (non-hydrogen) atoms. The van der Waals surface area contributed by atoms with Crippen LogP contribution in [-0.4, -0.2) is 12.4 Å². The highest BCUT2D eigenvalue weighted by atomic mass is 19.1. The van der Waals surface area contributed by atoms with Gasteiger partial charge in [-0.15, -0.1) is 0 Å². The van der Waals surface area contributed by atoms with Crippen molar-refractivity contribution in [3.8, 4) is 16.9 Å². The molecule has 0 aliphatic rings. The van der Waals surface area contributed by atoms with Crippen molar-refractivity contribution in [1.29, 1.82) is 0 Å². The van der Waals surface area contributed by atoms with Crippen molar-refractivity contribution in [3.05, 3.63) is 100 Å². The van der Waals surface area contributed by atoms with Gasteiger partial charge >= 0.3 is 5.63 Å². The summed E-state index contributed by atoms with van der Waals surface area (Å²) >= 11 is 0. The molecule has 0 unspecified atom stereocenters. The lowest BCUT2D eigenvalue weighted by molar-refractivity contribution is 0.0921. The Morgan fingerprint density at radius 3 is 2.44 bits per heavy atom. The Balaban J connectivity index is 1.69. The van der Waals surface area contributed by atoms with E-state index in [1.54, 1.807) is 6.07 Å². The van der Waals surface area contributed by atoms with Gasteiger partial charge in [0.1, 0.15) is 17.1 Å². The maximum Gasteiger partial charge on any atom is 0.336 e. The largest absolute Gasteiger partial charge is 0.485 e. The summed E-state index contributed by atoms with van der Waals surface area (Å²) in [5.41, 5.74) is 3.03. The highest BCUT2D eigenvalue weighted by molar-refractivity contribution is 5.97. The van der Waals surface area contributed by atoms with Gasteiger partial charge in [-0.25, -0.2) is 9.18 Å². The third-order valence-electron chi connectivity index (χ3n) is 5.84. The molecule has 4 nitrogen and oxygen atoms in total. The van der Waals surface area contributed by atoms with Gasteiger partial charge in [0.05, 0.1) is 0 Å². The smallest absolute Gasteiger partial charge is 0.336 e. The minimum Gasteiger partial charge on any atom is -0.485 e. The number of ketones is 1. The fourth-order valence-electron chi connectivity index (χ4n) is 4.03. The van der Waals surface area contributed by atoms with Gasteiger partial charge in [0.25, 0.3) is 0 Å². The number of ether oxygens (including phenoxy) is 1. The highest BCUT2D eigenvalue weighted by Gasteiger charge is 2.15. The summed E-state index contributed by atoms with van der Waals surface area (Å²) in [6.45, 7) is 1.97. The molecule has 0 N–H and O–H groups in total. The van der Waals surface area contributed by atoms with Crippen molar-refractivity contribution in [2.24, 2.45) is 0 Å². The van der Waals surface area contributed by atoms with Crippen LogP contribution in [0.25, 0.3) is 22.1 Å². The molecule has 0 radical (unpaired) electrons. The quantitative estimate of drug-likeness (QED) is 0.146. The summed E-state index contributed by atoms with van der Waals surface area (Å²) in [6, 6.07) is 20.3. The molecule has 0 saturated carbocycles. The third-order valence-corrected chi connectivity index (χ3v) is 5.84. The number of halogens is 1. The van der Waals surface area contributed by atoms with E-state index in [-0.39, 0.29) is 12.4 Å². The molecule has 0 aliphatic heterocycles. The van der Waals surface area contributed by atoms with Gasteiger partial charge in [-0.2, -0.15) is 0 Å². The van der Waals surface area contributed by atoms with E-state index >= 15 is 0 Å². The fraction of sp³-hybridized carbons (Fsp3) is 0.241. The molecular formula is C29H27FO4. The normalized spacial score (nSPS) is 11.0. The third kappa shape index (κ3) is 5.60. The molecular weight excluding hydrogens is 431 g/mol. The maximum absolute atomic E-state index is 13.2. The molecule has 0 fully saturated rings. The van der Waals surface area contributed by atoms with Gasteiger partial charge in [-0.05, 0) is 59.9 Å². The van der Waals surface area contributed by atoms with Crippen LogP contribution >= 0.6 is 0 Å². The number of rotatable bonds is 10. The number of benzene rings is 3. The Morgan fingerprint density at radius 1 is 0.941 bits per heavy atom. The zero-order valence-electron chi connectivity index (χ0n) is 19.2. The summed E-state index contributed by atoms with van der Waals surface area (Å²) in [5.74, 6) is -0.130. The van der Waals surface area contributed by atoms with E-state index in [0.717, 1.165) is 54.2 Å². The average Bonchev–Trinajstić information content (AvgIpc) is 2.85.